The largest absolute Gasteiger partial charge is 0.497 e. The molecule has 0 bridgehead atoms. The lowest BCUT2D eigenvalue weighted by molar-refractivity contribution is 0.415. The summed E-state index contributed by atoms with van der Waals surface area (Å²) in [6.45, 7) is 0. The smallest absolute Gasteiger partial charge is 0.189 e. The molecule has 0 saturated heterocycles. The maximum atomic E-state index is 5.28. The zero-order valence-corrected chi connectivity index (χ0v) is 12.8. The molecule has 5 nitrogen and oxygen atoms in total. The Morgan fingerprint density at radius 3 is 2.81 bits per heavy atom. The van der Waals surface area contributed by atoms with Crippen molar-refractivity contribution in [3.8, 4) is 17.0 Å². The third kappa shape index (κ3) is 3.09. The van der Waals surface area contributed by atoms with E-state index < -0.39 is 0 Å². The lowest BCUT2D eigenvalue weighted by Crippen LogP contribution is -2.17. The number of hydrogen-bond donors (Lipinski definition) is 1. The molecule has 2 heterocycles. The van der Waals surface area contributed by atoms with Crippen LogP contribution in [0.3, 0.4) is 0 Å². The molecule has 3 rings (SSSR count). The Balaban J connectivity index is 1.75. The van der Waals surface area contributed by atoms with E-state index >= 15 is 0 Å². The molecule has 2 aromatic heterocycles. The van der Waals surface area contributed by atoms with Gasteiger partial charge in [-0.15, -0.1) is 11.3 Å². The summed E-state index contributed by atoms with van der Waals surface area (Å²) >= 11 is 6.78. The van der Waals surface area contributed by atoms with E-state index in [1.165, 1.54) is 11.3 Å². The van der Waals surface area contributed by atoms with Crippen LogP contribution in [0.5, 0.6) is 5.75 Å². The minimum absolute atomic E-state index is 0.545. The third-order valence-electron chi connectivity index (χ3n) is 2.84. The van der Waals surface area contributed by atoms with Crippen molar-refractivity contribution in [2.75, 3.05) is 12.4 Å². The van der Waals surface area contributed by atoms with E-state index in [2.05, 4.69) is 15.3 Å². The highest BCUT2D eigenvalue weighted by Gasteiger charge is 2.07. The number of benzene rings is 1. The number of nitrogens with zero attached hydrogens (tertiary/aromatic N) is 3. The summed E-state index contributed by atoms with van der Waals surface area (Å²) in [5.74, 6) is 0.827. The number of hydrogen-bond acceptors (Lipinski definition) is 5. The van der Waals surface area contributed by atoms with Gasteiger partial charge >= 0.3 is 0 Å². The average molecular weight is 316 g/mol. The van der Waals surface area contributed by atoms with Crippen LogP contribution in [0.15, 0.2) is 48.4 Å². The number of imidazole rings is 1. The zero-order valence-electron chi connectivity index (χ0n) is 11.2. The lowest BCUT2D eigenvalue weighted by atomic mass is 10.2. The van der Waals surface area contributed by atoms with Crippen LogP contribution >= 0.6 is 23.6 Å². The van der Waals surface area contributed by atoms with Crippen LogP contribution in [0.4, 0.5) is 5.13 Å². The van der Waals surface area contributed by atoms with Crippen molar-refractivity contribution in [3.05, 3.63) is 48.4 Å². The summed E-state index contributed by atoms with van der Waals surface area (Å²) in [4.78, 5) is 8.49. The van der Waals surface area contributed by atoms with E-state index in [1.807, 2.05) is 29.6 Å². The Kier molecular flexibility index (Phi) is 3.94. The molecule has 0 aliphatic carbocycles. The zero-order chi connectivity index (χ0) is 14.7. The normalized spacial score (nSPS) is 10.3. The average Bonchev–Trinajstić information content (AvgIpc) is 3.19. The fraction of sp³-hybridized carbons (Fsp3) is 0.0714. The number of methoxy groups -OCH3 is 1. The summed E-state index contributed by atoms with van der Waals surface area (Å²) in [5, 5.41) is 6.38. The van der Waals surface area contributed by atoms with Gasteiger partial charge in [0, 0.05) is 23.3 Å². The standard InChI is InChI=1S/C14H12N4OS2/c1-19-11-4-2-10(3-5-11)12-8-21-13(16-12)17-14(20)18-7-6-15-9-18/h2-9H,1H3,(H,16,17,20). The van der Waals surface area contributed by atoms with Crippen molar-refractivity contribution in [1.29, 1.82) is 0 Å². The minimum Gasteiger partial charge on any atom is -0.497 e. The van der Waals surface area contributed by atoms with Crippen LogP contribution in [0, 0.1) is 0 Å². The maximum Gasteiger partial charge on any atom is 0.189 e. The van der Waals surface area contributed by atoms with Crippen molar-refractivity contribution in [2.24, 2.45) is 0 Å². The van der Waals surface area contributed by atoms with Crippen LogP contribution in [-0.4, -0.2) is 26.8 Å². The van der Waals surface area contributed by atoms with E-state index in [9.17, 15) is 0 Å². The number of nitrogens with one attached hydrogen (secondary N) is 1. The van der Waals surface area contributed by atoms with Gasteiger partial charge in [0.15, 0.2) is 10.2 Å². The highest BCUT2D eigenvalue weighted by atomic mass is 32.1. The second-order valence-electron chi connectivity index (χ2n) is 4.17. The summed E-state index contributed by atoms with van der Waals surface area (Å²) < 4.78 is 6.87. The number of ether oxygens (including phenoxy) is 1. The van der Waals surface area contributed by atoms with Crippen LogP contribution in [-0.2, 0) is 0 Å². The second kappa shape index (κ2) is 6.02. The summed E-state index contributed by atoms with van der Waals surface area (Å²) in [7, 11) is 1.65. The number of aromatic nitrogens is 3. The van der Waals surface area contributed by atoms with Crippen LogP contribution in [0.25, 0.3) is 11.3 Å². The van der Waals surface area contributed by atoms with Crippen molar-refractivity contribution in [3.63, 3.8) is 0 Å². The topological polar surface area (TPSA) is 52.0 Å². The monoisotopic (exact) mass is 316 g/mol. The molecular weight excluding hydrogens is 304 g/mol. The SMILES string of the molecule is COc1ccc(-c2csc(NC(=S)n3ccnc3)n2)cc1. The van der Waals surface area contributed by atoms with Gasteiger partial charge in [-0.2, -0.15) is 0 Å². The molecule has 0 unspecified atom stereocenters. The third-order valence-corrected chi connectivity index (χ3v) is 3.91. The first-order valence-corrected chi connectivity index (χ1v) is 7.44. The Bertz CT molecular complexity index is 735. The van der Waals surface area contributed by atoms with Gasteiger partial charge in [0.05, 0.1) is 12.8 Å². The number of anilines is 1. The van der Waals surface area contributed by atoms with E-state index in [-0.39, 0.29) is 0 Å². The first-order valence-electron chi connectivity index (χ1n) is 6.15. The molecule has 21 heavy (non-hydrogen) atoms. The molecule has 1 N–H and O–H groups in total. The van der Waals surface area contributed by atoms with E-state index in [1.54, 1.807) is 30.4 Å². The Hall–Kier alpha value is -2.25. The second-order valence-corrected chi connectivity index (χ2v) is 5.41. The van der Waals surface area contributed by atoms with Crippen molar-refractivity contribution in [1.82, 2.24) is 14.5 Å². The lowest BCUT2D eigenvalue weighted by Gasteiger charge is -2.04. The van der Waals surface area contributed by atoms with Crippen LogP contribution < -0.4 is 10.1 Å². The summed E-state index contributed by atoms with van der Waals surface area (Å²) in [6, 6.07) is 7.79. The van der Waals surface area contributed by atoms with Gasteiger partial charge in [-0.1, -0.05) is 0 Å². The Morgan fingerprint density at radius 2 is 2.14 bits per heavy atom. The molecule has 0 amide bonds. The molecule has 1 aromatic carbocycles. The van der Waals surface area contributed by atoms with Crippen LogP contribution in [0.1, 0.15) is 0 Å². The van der Waals surface area contributed by atoms with Gasteiger partial charge in [-0.25, -0.2) is 9.97 Å². The number of rotatable bonds is 3. The van der Waals surface area contributed by atoms with E-state index in [0.29, 0.717) is 5.11 Å². The molecule has 106 valence electrons. The van der Waals surface area contributed by atoms with Gasteiger partial charge in [0.25, 0.3) is 0 Å². The molecule has 0 aliphatic heterocycles. The van der Waals surface area contributed by atoms with Gasteiger partial charge in [-0.05, 0) is 36.5 Å². The van der Waals surface area contributed by atoms with Gasteiger partial charge in [0.2, 0.25) is 0 Å². The summed E-state index contributed by atoms with van der Waals surface area (Å²) in [6.07, 6.45) is 5.11. The number of thiocarbonyl (C=S) groups is 1. The highest BCUT2D eigenvalue weighted by molar-refractivity contribution is 7.80. The van der Waals surface area contributed by atoms with E-state index in [4.69, 9.17) is 17.0 Å². The fourth-order valence-electron chi connectivity index (χ4n) is 1.76. The van der Waals surface area contributed by atoms with Gasteiger partial charge < -0.3 is 10.1 Å². The van der Waals surface area contributed by atoms with Crippen molar-refractivity contribution >= 4 is 33.8 Å². The molecule has 7 heteroatoms. The Labute approximate surface area is 131 Å². The number of thiazole rings is 1. The summed E-state index contributed by atoms with van der Waals surface area (Å²) in [5.41, 5.74) is 1.94. The molecule has 0 radical (unpaired) electrons. The quantitative estimate of drug-likeness (QED) is 0.752. The molecule has 0 atom stereocenters. The first kappa shape index (κ1) is 13.7. The predicted octanol–water partition coefficient (Wildman–Crippen LogP) is 3.26. The molecule has 0 saturated carbocycles. The van der Waals surface area contributed by atoms with Gasteiger partial charge in [0.1, 0.15) is 12.1 Å². The van der Waals surface area contributed by atoms with E-state index in [0.717, 1.165) is 22.1 Å². The van der Waals surface area contributed by atoms with Crippen molar-refractivity contribution in [2.45, 2.75) is 0 Å². The predicted molar refractivity (Wildman–Crippen MR) is 87.9 cm³/mol. The highest BCUT2D eigenvalue weighted by Crippen LogP contribution is 2.26. The Morgan fingerprint density at radius 1 is 1.33 bits per heavy atom. The minimum atomic E-state index is 0.545. The fourth-order valence-corrected chi connectivity index (χ4v) is 2.75. The molecule has 0 spiro atoms. The maximum absolute atomic E-state index is 5.28. The first-order chi connectivity index (χ1) is 10.3. The molecule has 0 fully saturated rings. The molecular formula is C14H12N4OS2. The van der Waals surface area contributed by atoms with Gasteiger partial charge in [-0.3, -0.25) is 4.57 Å². The molecule has 3 aromatic rings. The van der Waals surface area contributed by atoms with Crippen molar-refractivity contribution < 1.29 is 4.74 Å². The van der Waals surface area contributed by atoms with Crippen LogP contribution in [0.2, 0.25) is 0 Å². The molecule has 0 aliphatic rings.